The minimum absolute atomic E-state index is 0.169. The molecule has 11 heteroatoms. The molecule has 200 valence electrons. The first-order valence-electron chi connectivity index (χ1n) is 11.9. The highest BCUT2D eigenvalue weighted by molar-refractivity contribution is 7.99. The maximum absolute atomic E-state index is 13.2. The van der Waals surface area contributed by atoms with Crippen molar-refractivity contribution in [2.24, 2.45) is 5.92 Å². The first-order valence-corrected chi connectivity index (χ1v) is 14.1. The molecule has 6 unspecified atom stereocenters. The van der Waals surface area contributed by atoms with Gasteiger partial charge < -0.3 is 23.5 Å². The van der Waals surface area contributed by atoms with Crippen LogP contribution in [0.4, 0.5) is 0 Å². The second-order valence-electron chi connectivity index (χ2n) is 9.87. The molecule has 0 saturated carbocycles. The zero-order valence-electron chi connectivity index (χ0n) is 21.6. The molecule has 0 aromatic heterocycles. The predicted molar refractivity (Wildman–Crippen MR) is 135 cm³/mol. The van der Waals surface area contributed by atoms with E-state index in [0.29, 0.717) is 0 Å². The quantitative estimate of drug-likeness (QED) is 0.244. The monoisotopic (exact) mass is 533 g/mol. The molecule has 1 N–H and O–H groups in total. The lowest BCUT2D eigenvalue weighted by atomic mass is 9.88. The van der Waals surface area contributed by atoms with Crippen LogP contribution >= 0.6 is 11.8 Å². The minimum Gasteiger partial charge on any atom is -0.598 e. The van der Waals surface area contributed by atoms with Crippen LogP contribution in [0.2, 0.25) is 0 Å². The summed E-state index contributed by atoms with van der Waals surface area (Å²) in [5.74, 6) is -1.21. The molecule has 0 radical (unpaired) electrons. The third kappa shape index (κ3) is 8.96. The number of carbonyl (C=O) groups excluding carboxylic acids is 3. The number of hydrogen-bond donors (Lipinski definition) is 1. The number of carbonyl (C=O) groups is 3. The van der Waals surface area contributed by atoms with E-state index >= 15 is 0 Å². The maximum atomic E-state index is 13.2. The molecular formula is C24H39NO8S2. The molecule has 1 fully saturated rings. The number of rotatable bonds is 5. The molecule has 35 heavy (non-hydrogen) atoms. The van der Waals surface area contributed by atoms with Crippen LogP contribution in [0.15, 0.2) is 12.2 Å². The van der Waals surface area contributed by atoms with Gasteiger partial charge in [0.15, 0.2) is 18.3 Å². The van der Waals surface area contributed by atoms with E-state index in [1.807, 2.05) is 33.8 Å². The summed E-state index contributed by atoms with van der Waals surface area (Å²) >= 11 is -0.00634. The van der Waals surface area contributed by atoms with Crippen molar-refractivity contribution in [1.29, 1.82) is 0 Å². The molecule has 2 rings (SSSR count). The Morgan fingerprint density at radius 2 is 1.57 bits per heavy atom. The Labute approximate surface area is 215 Å². The van der Waals surface area contributed by atoms with Crippen LogP contribution in [0, 0.1) is 5.92 Å². The molecule has 2 heterocycles. The zero-order chi connectivity index (χ0) is 26.3. The second kappa shape index (κ2) is 13.3. The highest BCUT2D eigenvalue weighted by Gasteiger charge is 2.55. The molecule has 0 spiro atoms. The fraction of sp³-hybridized carbons (Fsp3) is 0.792. The normalized spacial score (nSPS) is 33.9. The van der Waals surface area contributed by atoms with Gasteiger partial charge in [0, 0.05) is 32.1 Å². The minimum atomic E-state index is -1.47. The Balaban J connectivity index is 2.61. The smallest absolute Gasteiger partial charge is 0.303 e. The van der Waals surface area contributed by atoms with Crippen LogP contribution in [-0.2, 0) is 44.7 Å². The summed E-state index contributed by atoms with van der Waals surface area (Å²) in [7, 11) is 0. The topological polar surface area (TPSA) is 123 Å². The molecule has 2 bridgehead atoms. The lowest BCUT2D eigenvalue weighted by Crippen LogP contribution is -2.66. The van der Waals surface area contributed by atoms with Gasteiger partial charge in [-0.1, -0.05) is 19.1 Å². The summed E-state index contributed by atoms with van der Waals surface area (Å²) in [4.78, 5) is 36.2. The Bertz CT molecular complexity index is 771. The Kier molecular flexibility index (Phi) is 11.4. The molecule has 2 aliphatic heterocycles. The highest BCUT2D eigenvalue weighted by Crippen LogP contribution is 2.37. The van der Waals surface area contributed by atoms with Gasteiger partial charge in [0.2, 0.25) is 0 Å². The van der Waals surface area contributed by atoms with Crippen LogP contribution < -0.4 is 4.72 Å². The van der Waals surface area contributed by atoms with Crippen molar-refractivity contribution < 1.29 is 37.9 Å². The number of ether oxygens (including phenoxy) is 4. The van der Waals surface area contributed by atoms with E-state index in [4.69, 9.17) is 18.9 Å². The largest absolute Gasteiger partial charge is 0.598 e. The standard InChI is InChI=1S/C24H39NO8S2/c1-14-12-10-8-9-11-13-34-23-22(32-17(4)28)21(31-16(3)27)20(30-15(2)26)19(33-23)18(14)25-35(29)24(5,6)7/h10,12,14,18-23,25H,8-9,11,13H2,1-7H3/b12-10-/t14-,18-,19?,20?,21?,22?,23?,35?/m1/s1. The second-order valence-corrected chi connectivity index (χ2v) is 13.1. The fourth-order valence-corrected chi connectivity index (χ4v) is 6.16. The van der Waals surface area contributed by atoms with E-state index in [1.165, 1.54) is 32.5 Å². The van der Waals surface area contributed by atoms with Crippen molar-refractivity contribution in [2.45, 2.75) is 108 Å². The SMILES string of the molecule is CC(=O)OC1C2OC(C(OC(C)=O)C1OC(C)=O)[C@H](N[S+]([O-])C(C)(C)C)[C@H](C)/C=C\CCCCS2. The Morgan fingerprint density at radius 3 is 2.14 bits per heavy atom. The molecule has 0 aromatic carbocycles. The van der Waals surface area contributed by atoms with Crippen molar-refractivity contribution in [3.63, 3.8) is 0 Å². The molecule has 0 aliphatic carbocycles. The van der Waals surface area contributed by atoms with E-state index in [9.17, 15) is 18.9 Å². The van der Waals surface area contributed by atoms with Gasteiger partial charge in [0.1, 0.15) is 16.3 Å². The van der Waals surface area contributed by atoms with E-state index in [0.717, 1.165) is 25.0 Å². The van der Waals surface area contributed by atoms with Crippen LogP contribution in [0.1, 0.15) is 67.7 Å². The lowest BCUT2D eigenvalue weighted by molar-refractivity contribution is -0.236. The number of nitrogens with one attached hydrogen (secondary N) is 1. The molecule has 0 amide bonds. The van der Waals surface area contributed by atoms with Crippen LogP contribution in [0.5, 0.6) is 0 Å². The van der Waals surface area contributed by atoms with E-state index < -0.39 is 69.9 Å². The molecule has 9 nitrogen and oxygen atoms in total. The predicted octanol–water partition coefficient (Wildman–Crippen LogP) is 3.04. The average molecular weight is 534 g/mol. The first-order chi connectivity index (χ1) is 16.3. The van der Waals surface area contributed by atoms with Gasteiger partial charge in [-0.3, -0.25) is 14.4 Å². The highest BCUT2D eigenvalue weighted by atomic mass is 32.2. The zero-order valence-corrected chi connectivity index (χ0v) is 23.2. The van der Waals surface area contributed by atoms with Crippen molar-refractivity contribution in [1.82, 2.24) is 4.72 Å². The summed E-state index contributed by atoms with van der Waals surface area (Å²) in [5.41, 5.74) is -0.678. The van der Waals surface area contributed by atoms with E-state index in [1.54, 1.807) is 0 Å². The Hall–Kier alpha value is -1.27. The maximum Gasteiger partial charge on any atom is 0.303 e. The molecular weight excluding hydrogens is 494 g/mol. The van der Waals surface area contributed by atoms with Gasteiger partial charge in [-0.25, -0.2) is 0 Å². The Morgan fingerprint density at radius 1 is 1.00 bits per heavy atom. The van der Waals surface area contributed by atoms with Gasteiger partial charge in [0.05, 0.1) is 6.04 Å². The van der Waals surface area contributed by atoms with Crippen molar-refractivity contribution in [3.05, 3.63) is 12.2 Å². The van der Waals surface area contributed by atoms with E-state index in [-0.39, 0.29) is 5.92 Å². The van der Waals surface area contributed by atoms with E-state index in [2.05, 4.69) is 10.8 Å². The summed E-state index contributed by atoms with van der Waals surface area (Å²) in [6, 6.07) is -0.561. The van der Waals surface area contributed by atoms with Crippen LogP contribution in [-0.4, -0.2) is 68.9 Å². The van der Waals surface area contributed by atoms with Crippen molar-refractivity contribution >= 4 is 41.0 Å². The molecule has 0 aromatic rings. The number of thioether (sulfide) groups is 1. The lowest BCUT2D eigenvalue weighted by Gasteiger charge is -2.47. The summed E-state index contributed by atoms with van der Waals surface area (Å²) in [5, 5.41) is 0. The number of allylic oxidation sites excluding steroid dienone is 1. The fourth-order valence-electron chi connectivity index (χ4n) is 4.00. The van der Waals surface area contributed by atoms with Gasteiger partial charge in [-0.2, -0.15) is 0 Å². The molecule has 2 aliphatic rings. The first kappa shape index (κ1) is 30.0. The number of fused-ring (bicyclic) bond motifs is 2. The van der Waals surface area contributed by atoms with Gasteiger partial charge in [-0.05, 0) is 51.7 Å². The van der Waals surface area contributed by atoms with Crippen LogP contribution in [0.3, 0.4) is 0 Å². The summed E-state index contributed by atoms with van der Waals surface area (Å²) < 4.78 is 39.1. The van der Waals surface area contributed by atoms with Gasteiger partial charge in [0.25, 0.3) is 0 Å². The number of hydrogen-bond acceptors (Lipinski definition) is 10. The third-order valence-electron chi connectivity index (χ3n) is 5.64. The van der Waals surface area contributed by atoms with Gasteiger partial charge in [-0.15, -0.1) is 16.5 Å². The van der Waals surface area contributed by atoms with Crippen molar-refractivity contribution in [3.8, 4) is 0 Å². The summed E-state index contributed by atoms with van der Waals surface area (Å²) in [6.45, 7) is 11.3. The third-order valence-corrected chi connectivity index (χ3v) is 8.47. The molecule has 1 saturated heterocycles. The number of esters is 3. The van der Waals surface area contributed by atoms with Gasteiger partial charge >= 0.3 is 17.9 Å². The van der Waals surface area contributed by atoms with Crippen LogP contribution in [0.25, 0.3) is 0 Å². The molecule has 8 atom stereocenters. The summed E-state index contributed by atoms with van der Waals surface area (Å²) in [6.07, 6.45) is 2.91. The van der Waals surface area contributed by atoms with Crippen molar-refractivity contribution in [2.75, 3.05) is 5.75 Å². The average Bonchev–Trinajstić information content (AvgIpc) is 2.72.